The van der Waals surface area contributed by atoms with Crippen molar-refractivity contribution in [2.45, 2.75) is 26.4 Å². The number of nitrogen functional groups attached to an aromatic ring is 1. The number of rotatable bonds is 2. The molecule has 0 atom stereocenters. The van der Waals surface area contributed by atoms with Crippen molar-refractivity contribution in [3.63, 3.8) is 0 Å². The number of benzene rings is 1. The summed E-state index contributed by atoms with van der Waals surface area (Å²) in [4.78, 5) is 9.60. The van der Waals surface area contributed by atoms with Crippen LogP contribution in [0, 0.1) is 0 Å². The number of anilines is 1. The average molecular weight is 245 g/mol. The second kappa shape index (κ2) is 7.09. The van der Waals surface area contributed by atoms with Gasteiger partial charge < -0.3 is 10.2 Å². The number of carbonyl (C=O) groups excluding carboxylic acids is 1. The lowest BCUT2D eigenvalue weighted by atomic mass is 10.2. The lowest BCUT2D eigenvalue weighted by Gasteiger charge is -2.14. The van der Waals surface area contributed by atoms with Gasteiger partial charge in [-0.1, -0.05) is 11.6 Å². The van der Waals surface area contributed by atoms with E-state index in [0.717, 1.165) is 5.69 Å². The summed E-state index contributed by atoms with van der Waals surface area (Å²) in [5.41, 5.74) is 3.04. The van der Waals surface area contributed by atoms with E-state index in [4.69, 9.17) is 17.4 Å². The third-order valence-electron chi connectivity index (χ3n) is 1.41. The third-order valence-corrected chi connectivity index (χ3v) is 1.66. The highest BCUT2D eigenvalue weighted by Gasteiger charge is 2.07. The number of carbonyl (C=O) groups is 1. The summed E-state index contributed by atoms with van der Waals surface area (Å²) in [5.74, 6) is 5.11. The number of ether oxygens (including phenoxy) is 1. The minimum absolute atomic E-state index is 0.318. The Morgan fingerprint density at radius 2 is 1.81 bits per heavy atom. The van der Waals surface area contributed by atoms with Gasteiger partial charge in [0.25, 0.3) is 6.47 Å². The molecule has 3 N–H and O–H groups in total. The van der Waals surface area contributed by atoms with E-state index in [1.54, 1.807) is 12.1 Å². The van der Waals surface area contributed by atoms with Crippen LogP contribution in [0.5, 0.6) is 0 Å². The van der Waals surface area contributed by atoms with Crippen molar-refractivity contribution in [2.24, 2.45) is 5.84 Å². The lowest BCUT2D eigenvalue weighted by molar-refractivity contribution is -0.138. The molecule has 0 saturated carbocycles. The summed E-state index contributed by atoms with van der Waals surface area (Å²) in [6, 6.07) is 7.16. The van der Waals surface area contributed by atoms with E-state index in [2.05, 4.69) is 10.2 Å². The van der Waals surface area contributed by atoms with Crippen LogP contribution in [0.15, 0.2) is 24.3 Å². The second-order valence-corrected chi connectivity index (χ2v) is 4.41. The van der Waals surface area contributed by atoms with Crippen molar-refractivity contribution >= 4 is 23.8 Å². The predicted molar refractivity (Wildman–Crippen MR) is 66.2 cm³/mol. The van der Waals surface area contributed by atoms with Crippen molar-refractivity contribution in [1.82, 2.24) is 0 Å². The number of nitrogens with two attached hydrogens (primary N) is 1. The van der Waals surface area contributed by atoms with Gasteiger partial charge in [-0.3, -0.25) is 10.6 Å². The van der Waals surface area contributed by atoms with Crippen LogP contribution in [0.25, 0.3) is 0 Å². The maximum Gasteiger partial charge on any atom is 0.293 e. The largest absolute Gasteiger partial charge is 0.462 e. The zero-order chi connectivity index (χ0) is 12.6. The molecule has 0 aliphatic carbocycles. The van der Waals surface area contributed by atoms with Gasteiger partial charge in [-0.2, -0.15) is 0 Å². The summed E-state index contributed by atoms with van der Waals surface area (Å²) in [5, 5.41) is 0.717. The molecule has 0 heterocycles. The average Bonchev–Trinajstić information content (AvgIpc) is 2.18. The summed E-state index contributed by atoms with van der Waals surface area (Å²) in [6.45, 7) is 5.92. The van der Waals surface area contributed by atoms with Crippen LogP contribution in [0.2, 0.25) is 5.02 Å². The van der Waals surface area contributed by atoms with Gasteiger partial charge >= 0.3 is 0 Å². The normalized spacial score (nSPS) is 9.81. The third kappa shape index (κ3) is 8.08. The molecule has 1 aromatic carbocycles. The van der Waals surface area contributed by atoms with Crippen LogP contribution in [-0.2, 0) is 9.53 Å². The minimum atomic E-state index is -0.318. The van der Waals surface area contributed by atoms with E-state index in [1.807, 2.05) is 32.9 Å². The van der Waals surface area contributed by atoms with Crippen LogP contribution in [0.4, 0.5) is 5.69 Å². The Bertz CT molecular complexity index is 307. The van der Waals surface area contributed by atoms with Crippen molar-refractivity contribution in [3.05, 3.63) is 29.3 Å². The van der Waals surface area contributed by atoms with Crippen molar-refractivity contribution < 1.29 is 9.53 Å². The molecule has 0 bridgehead atoms. The van der Waals surface area contributed by atoms with Gasteiger partial charge in [0.15, 0.2) is 0 Å². The molecule has 16 heavy (non-hydrogen) atoms. The molecule has 0 radical (unpaired) electrons. The van der Waals surface area contributed by atoms with E-state index in [0.29, 0.717) is 11.5 Å². The summed E-state index contributed by atoms with van der Waals surface area (Å²) in [7, 11) is 0. The van der Waals surface area contributed by atoms with Crippen molar-refractivity contribution in [2.75, 3.05) is 5.43 Å². The molecule has 0 amide bonds. The number of halogens is 1. The van der Waals surface area contributed by atoms with Gasteiger partial charge in [0.1, 0.15) is 5.60 Å². The van der Waals surface area contributed by atoms with Gasteiger partial charge in [-0.15, -0.1) is 0 Å². The fraction of sp³-hybridized carbons (Fsp3) is 0.364. The molecule has 1 rings (SSSR count). The topological polar surface area (TPSA) is 64.3 Å². The van der Waals surface area contributed by atoms with Crippen molar-refractivity contribution in [3.8, 4) is 0 Å². The smallest absolute Gasteiger partial charge is 0.293 e. The molecule has 0 aliphatic rings. The molecular weight excluding hydrogens is 228 g/mol. The molecule has 5 heteroatoms. The highest BCUT2D eigenvalue weighted by Crippen LogP contribution is 2.11. The first kappa shape index (κ1) is 14.7. The molecular formula is C11H17ClN2O2. The number of hydrogen-bond donors (Lipinski definition) is 2. The zero-order valence-electron chi connectivity index (χ0n) is 9.66. The fourth-order valence-corrected chi connectivity index (χ4v) is 0.816. The number of hydrogen-bond acceptors (Lipinski definition) is 4. The Morgan fingerprint density at radius 1 is 1.31 bits per heavy atom. The van der Waals surface area contributed by atoms with Gasteiger partial charge in [0.05, 0.1) is 0 Å². The Morgan fingerprint density at radius 3 is 2.06 bits per heavy atom. The standard InChI is InChI=1S/C6H7ClN2.C5H10O2/c7-5-1-3-6(9-8)4-2-5;1-5(2,3)7-4-6/h1-4,9H,8H2;4H,1-3H3. The van der Waals surface area contributed by atoms with Crippen molar-refractivity contribution in [1.29, 1.82) is 0 Å². The quantitative estimate of drug-likeness (QED) is 0.477. The molecule has 0 saturated heterocycles. The number of hydrazine groups is 1. The van der Waals surface area contributed by atoms with Gasteiger partial charge in [-0.25, -0.2) is 0 Å². The summed E-state index contributed by atoms with van der Waals surface area (Å²) >= 11 is 5.60. The second-order valence-electron chi connectivity index (χ2n) is 3.98. The molecule has 0 unspecified atom stereocenters. The minimum Gasteiger partial charge on any atom is -0.462 e. The molecule has 0 aromatic heterocycles. The van der Waals surface area contributed by atoms with Crippen LogP contribution in [-0.4, -0.2) is 12.1 Å². The predicted octanol–water partition coefficient (Wildman–Crippen LogP) is 2.58. The Balaban J connectivity index is 0.000000293. The first-order valence-corrected chi connectivity index (χ1v) is 5.10. The zero-order valence-corrected chi connectivity index (χ0v) is 10.4. The molecule has 1 aromatic rings. The van der Waals surface area contributed by atoms with E-state index >= 15 is 0 Å². The van der Waals surface area contributed by atoms with Crippen LogP contribution in [0.3, 0.4) is 0 Å². The van der Waals surface area contributed by atoms with Crippen LogP contribution >= 0.6 is 11.6 Å². The lowest BCUT2D eigenvalue weighted by Crippen LogP contribution is -2.17. The van der Waals surface area contributed by atoms with E-state index in [9.17, 15) is 4.79 Å². The van der Waals surface area contributed by atoms with E-state index in [1.165, 1.54) is 0 Å². The Kier molecular flexibility index (Phi) is 6.53. The maximum absolute atomic E-state index is 9.60. The van der Waals surface area contributed by atoms with Crippen LogP contribution in [0.1, 0.15) is 20.8 Å². The summed E-state index contributed by atoms with van der Waals surface area (Å²) < 4.78 is 4.55. The highest BCUT2D eigenvalue weighted by molar-refractivity contribution is 6.30. The molecule has 0 spiro atoms. The van der Waals surface area contributed by atoms with E-state index < -0.39 is 0 Å². The first-order chi connectivity index (χ1) is 7.39. The molecule has 4 nitrogen and oxygen atoms in total. The molecule has 90 valence electrons. The number of nitrogens with one attached hydrogen (secondary N) is 1. The maximum atomic E-state index is 9.60. The fourth-order valence-electron chi connectivity index (χ4n) is 0.690. The SMILES string of the molecule is CC(C)(C)OC=O.NNc1ccc(Cl)cc1. The molecule has 0 aliphatic heterocycles. The first-order valence-electron chi connectivity index (χ1n) is 4.72. The van der Waals surface area contributed by atoms with Gasteiger partial charge in [0.2, 0.25) is 0 Å². The Labute approximate surface area is 101 Å². The highest BCUT2D eigenvalue weighted by atomic mass is 35.5. The summed E-state index contributed by atoms with van der Waals surface area (Å²) in [6.07, 6.45) is 0. The Hall–Kier alpha value is -1.26. The molecule has 0 fully saturated rings. The van der Waals surface area contributed by atoms with Gasteiger partial charge in [-0.05, 0) is 45.0 Å². The van der Waals surface area contributed by atoms with Crippen LogP contribution < -0.4 is 11.3 Å². The van der Waals surface area contributed by atoms with Gasteiger partial charge in [0, 0.05) is 10.7 Å². The van der Waals surface area contributed by atoms with E-state index in [-0.39, 0.29) is 5.60 Å². The monoisotopic (exact) mass is 244 g/mol.